The van der Waals surface area contributed by atoms with E-state index in [1.807, 2.05) is 0 Å². The molecule has 0 saturated carbocycles. The lowest BCUT2D eigenvalue weighted by molar-refractivity contribution is 0.432. The third kappa shape index (κ3) is 3.51. The summed E-state index contributed by atoms with van der Waals surface area (Å²) in [7, 11) is -8.24. The Hall–Kier alpha value is -2.11. The van der Waals surface area contributed by atoms with Gasteiger partial charge in [-0.3, -0.25) is 4.31 Å². The molecule has 6 nitrogen and oxygen atoms in total. The molecule has 2 aromatic carbocycles. The first-order chi connectivity index (χ1) is 13.6. The van der Waals surface area contributed by atoms with E-state index in [2.05, 4.69) is 0 Å². The van der Waals surface area contributed by atoms with Crippen LogP contribution in [0.3, 0.4) is 0 Å². The summed E-state index contributed by atoms with van der Waals surface area (Å²) in [5.41, 5.74) is 0.623. The lowest BCUT2D eigenvalue weighted by Gasteiger charge is -2.21. The second-order valence-electron chi connectivity index (χ2n) is 6.38. The maximum absolute atomic E-state index is 14.1. The zero-order chi connectivity index (χ0) is 21.6. The molecular weight excluding hydrogens is 429 g/mol. The Bertz CT molecular complexity index is 1160. The van der Waals surface area contributed by atoms with E-state index in [1.165, 1.54) is 22.5 Å². The first-order valence-electron chi connectivity index (χ1n) is 8.85. The summed E-state index contributed by atoms with van der Waals surface area (Å²) in [6, 6.07) is 5.21. The normalized spacial score (nSPS) is 14.5. The van der Waals surface area contributed by atoms with Gasteiger partial charge in [0.05, 0.1) is 10.6 Å². The lowest BCUT2D eigenvalue weighted by atomic mass is 10.2. The van der Waals surface area contributed by atoms with Crippen LogP contribution < -0.4 is 4.31 Å². The maximum atomic E-state index is 14.1. The molecule has 1 aliphatic heterocycles. The highest BCUT2D eigenvalue weighted by Crippen LogP contribution is 2.36. The SMILES string of the molecule is CCN(CC)S(=O)(=O)c1ccc2c(c1)CCN2S(=O)(=O)c1ccc(F)c(F)c1F. The fourth-order valence-corrected chi connectivity index (χ4v) is 6.37. The fraction of sp³-hybridized carbons (Fsp3) is 0.333. The number of sulfonamides is 2. The number of fused-ring (bicyclic) bond motifs is 1. The van der Waals surface area contributed by atoms with Gasteiger partial charge < -0.3 is 0 Å². The van der Waals surface area contributed by atoms with Crippen LogP contribution in [0.1, 0.15) is 19.4 Å². The van der Waals surface area contributed by atoms with Gasteiger partial charge >= 0.3 is 0 Å². The molecule has 2 aromatic rings. The molecule has 0 unspecified atom stereocenters. The van der Waals surface area contributed by atoms with Gasteiger partial charge in [-0.25, -0.2) is 30.0 Å². The monoisotopic (exact) mass is 448 g/mol. The van der Waals surface area contributed by atoms with E-state index in [0.717, 1.165) is 4.31 Å². The molecule has 158 valence electrons. The van der Waals surface area contributed by atoms with E-state index in [-0.39, 0.29) is 36.6 Å². The number of benzene rings is 2. The van der Waals surface area contributed by atoms with Crippen molar-refractivity contribution in [3.63, 3.8) is 0 Å². The number of rotatable bonds is 6. The van der Waals surface area contributed by atoms with Crippen LogP contribution in [0, 0.1) is 17.5 Å². The van der Waals surface area contributed by atoms with E-state index >= 15 is 0 Å². The number of halogens is 3. The van der Waals surface area contributed by atoms with E-state index in [0.29, 0.717) is 17.7 Å². The molecule has 1 heterocycles. The van der Waals surface area contributed by atoms with Crippen molar-refractivity contribution in [2.75, 3.05) is 23.9 Å². The van der Waals surface area contributed by atoms with Gasteiger partial charge in [0, 0.05) is 19.6 Å². The minimum atomic E-state index is -4.50. The van der Waals surface area contributed by atoms with Crippen molar-refractivity contribution in [1.82, 2.24) is 4.31 Å². The molecule has 0 aliphatic carbocycles. The van der Waals surface area contributed by atoms with E-state index in [4.69, 9.17) is 0 Å². The fourth-order valence-electron chi connectivity index (χ4n) is 3.30. The zero-order valence-corrected chi connectivity index (χ0v) is 17.3. The predicted octanol–water partition coefficient (Wildman–Crippen LogP) is 2.89. The summed E-state index contributed by atoms with van der Waals surface area (Å²) in [6.45, 7) is 3.90. The minimum absolute atomic E-state index is 0.0261. The Morgan fingerprint density at radius 2 is 1.62 bits per heavy atom. The van der Waals surface area contributed by atoms with Crippen molar-refractivity contribution in [3.05, 3.63) is 53.3 Å². The number of anilines is 1. The van der Waals surface area contributed by atoms with E-state index in [1.54, 1.807) is 13.8 Å². The Morgan fingerprint density at radius 3 is 2.24 bits per heavy atom. The van der Waals surface area contributed by atoms with Crippen LogP contribution in [0.25, 0.3) is 0 Å². The minimum Gasteiger partial charge on any atom is -0.266 e. The second-order valence-corrected chi connectivity index (χ2v) is 10.1. The van der Waals surface area contributed by atoms with Crippen molar-refractivity contribution >= 4 is 25.7 Å². The molecule has 0 spiro atoms. The highest BCUT2D eigenvalue weighted by atomic mass is 32.2. The maximum Gasteiger partial charge on any atom is 0.267 e. The van der Waals surface area contributed by atoms with Crippen molar-refractivity contribution < 1.29 is 30.0 Å². The Labute approximate surface area is 167 Å². The first kappa shape index (κ1) is 21.6. The first-order valence-corrected chi connectivity index (χ1v) is 11.7. The molecule has 11 heteroatoms. The standard InChI is InChI=1S/C18H19F3N2O4S2/c1-3-22(4-2)28(24,25)13-5-7-15-12(11-13)9-10-23(15)29(26,27)16-8-6-14(19)17(20)18(16)21/h5-8,11H,3-4,9-10H2,1-2H3. The Balaban J connectivity index is 2.04. The zero-order valence-electron chi connectivity index (χ0n) is 15.7. The van der Waals surface area contributed by atoms with E-state index in [9.17, 15) is 30.0 Å². The third-order valence-corrected chi connectivity index (χ3v) is 8.69. The van der Waals surface area contributed by atoms with Crippen LogP contribution in [-0.4, -0.2) is 40.8 Å². The van der Waals surface area contributed by atoms with Crippen LogP contribution in [0.15, 0.2) is 40.1 Å². The predicted molar refractivity (Wildman–Crippen MR) is 101 cm³/mol. The van der Waals surface area contributed by atoms with Gasteiger partial charge in [0.25, 0.3) is 10.0 Å². The van der Waals surface area contributed by atoms with Crippen LogP contribution in [0.4, 0.5) is 18.9 Å². The highest BCUT2D eigenvalue weighted by molar-refractivity contribution is 7.92. The molecule has 0 atom stereocenters. The second kappa shape index (κ2) is 7.62. The molecule has 0 amide bonds. The largest absolute Gasteiger partial charge is 0.267 e. The highest BCUT2D eigenvalue weighted by Gasteiger charge is 2.35. The molecule has 1 aliphatic rings. The van der Waals surface area contributed by atoms with Crippen LogP contribution in [0.5, 0.6) is 0 Å². The summed E-state index contributed by atoms with van der Waals surface area (Å²) < 4.78 is 93.9. The average Bonchev–Trinajstić information content (AvgIpc) is 3.10. The molecule has 0 fully saturated rings. The Morgan fingerprint density at radius 1 is 0.966 bits per heavy atom. The van der Waals surface area contributed by atoms with Gasteiger partial charge in [-0.1, -0.05) is 13.8 Å². The van der Waals surface area contributed by atoms with Crippen molar-refractivity contribution in [1.29, 1.82) is 0 Å². The summed E-state index contributed by atoms with van der Waals surface area (Å²) in [4.78, 5) is -0.956. The number of hydrogen-bond donors (Lipinski definition) is 0. The molecule has 0 bridgehead atoms. The van der Waals surface area contributed by atoms with Gasteiger partial charge in [0.15, 0.2) is 17.5 Å². The molecule has 0 saturated heterocycles. The van der Waals surface area contributed by atoms with Crippen molar-refractivity contribution in [3.8, 4) is 0 Å². The summed E-state index contributed by atoms with van der Waals surface area (Å²) >= 11 is 0. The summed E-state index contributed by atoms with van der Waals surface area (Å²) in [5.74, 6) is -5.15. The van der Waals surface area contributed by atoms with Gasteiger partial charge in [-0.2, -0.15) is 4.31 Å². The van der Waals surface area contributed by atoms with Gasteiger partial charge in [-0.05, 0) is 42.3 Å². The molecule has 3 rings (SSSR count). The molecule has 0 radical (unpaired) electrons. The smallest absolute Gasteiger partial charge is 0.266 e. The van der Waals surface area contributed by atoms with Gasteiger partial charge in [0.2, 0.25) is 10.0 Å². The molecular formula is C18H19F3N2O4S2. The van der Waals surface area contributed by atoms with Gasteiger partial charge in [0.1, 0.15) is 4.90 Å². The summed E-state index contributed by atoms with van der Waals surface area (Å²) in [5, 5.41) is 0. The Kier molecular flexibility index (Phi) is 5.67. The van der Waals surface area contributed by atoms with E-state index < -0.39 is 42.4 Å². The van der Waals surface area contributed by atoms with Crippen LogP contribution in [0.2, 0.25) is 0 Å². The van der Waals surface area contributed by atoms with Crippen molar-refractivity contribution in [2.45, 2.75) is 30.1 Å². The molecule has 29 heavy (non-hydrogen) atoms. The molecule has 0 aromatic heterocycles. The molecule has 0 N–H and O–H groups in total. The third-order valence-electron chi connectivity index (χ3n) is 4.81. The number of nitrogens with zero attached hydrogens (tertiary/aromatic N) is 2. The quantitative estimate of drug-likeness (QED) is 0.637. The topological polar surface area (TPSA) is 74.8 Å². The van der Waals surface area contributed by atoms with Crippen LogP contribution >= 0.6 is 0 Å². The average molecular weight is 448 g/mol. The van der Waals surface area contributed by atoms with Gasteiger partial charge in [-0.15, -0.1) is 0 Å². The van der Waals surface area contributed by atoms with Crippen molar-refractivity contribution in [2.24, 2.45) is 0 Å². The lowest BCUT2D eigenvalue weighted by Crippen LogP contribution is -2.31. The summed E-state index contributed by atoms with van der Waals surface area (Å²) in [6.07, 6.45) is 0.196. The number of hydrogen-bond acceptors (Lipinski definition) is 4. The van der Waals surface area contributed by atoms with Crippen LogP contribution in [-0.2, 0) is 26.5 Å².